The number of carbonyl (C=O) groups is 2. The Balaban J connectivity index is 1.79. The van der Waals surface area contributed by atoms with Crippen molar-refractivity contribution in [3.8, 4) is 5.69 Å². The van der Waals surface area contributed by atoms with Crippen LogP contribution in [0.3, 0.4) is 0 Å². The van der Waals surface area contributed by atoms with Gasteiger partial charge in [-0.25, -0.2) is 9.48 Å². The minimum Gasteiger partial charge on any atom is -0.461 e. The molecule has 28 heavy (non-hydrogen) atoms. The first-order valence-corrected chi connectivity index (χ1v) is 9.58. The summed E-state index contributed by atoms with van der Waals surface area (Å²) in [4.78, 5) is 24.3. The van der Waals surface area contributed by atoms with E-state index < -0.39 is 5.97 Å². The molecule has 0 saturated carbocycles. The molecular formula is C19H20BrN5O3. The fraction of sp³-hybridized carbons (Fsp3) is 0.263. The third-order valence-corrected chi connectivity index (χ3v) is 4.77. The van der Waals surface area contributed by atoms with Crippen molar-refractivity contribution < 1.29 is 14.3 Å². The zero-order chi connectivity index (χ0) is 20.3. The van der Waals surface area contributed by atoms with Gasteiger partial charge in [0.05, 0.1) is 22.5 Å². The van der Waals surface area contributed by atoms with Crippen LogP contribution in [0.25, 0.3) is 5.69 Å². The quantitative estimate of drug-likeness (QED) is 0.559. The molecule has 0 bridgehead atoms. The number of aromatic amines is 1. The molecule has 3 aromatic rings. The third kappa shape index (κ3) is 4.14. The van der Waals surface area contributed by atoms with Gasteiger partial charge in [0.1, 0.15) is 0 Å². The number of nitrogens with one attached hydrogen (secondary N) is 2. The molecule has 0 fully saturated rings. The van der Waals surface area contributed by atoms with E-state index in [1.807, 2.05) is 19.9 Å². The van der Waals surface area contributed by atoms with E-state index in [9.17, 15) is 9.59 Å². The Hall–Kier alpha value is -2.94. The monoisotopic (exact) mass is 445 g/mol. The smallest absolute Gasteiger partial charge is 0.358 e. The standard InChI is InChI=1S/C19H20BrN5O3/c1-4-28-19(27)14-8-9-25(24-14)13-7-5-6-12(10-13)21-18(26)17-15(20)16(11(2)3)22-23-17/h5-11H,4H2,1-3H3,(H,21,26)(H,22,23). The minimum atomic E-state index is -0.477. The van der Waals surface area contributed by atoms with E-state index >= 15 is 0 Å². The highest BCUT2D eigenvalue weighted by Crippen LogP contribution is 2.26. The van der Waals surface area contributed by atoms with Crippen molar-refractivity contribution in [2.24, 2.45) is 0 Å². The predicted octanol–water partition coefficient (Wildman–Crippen LogP) is 3.91. The van der Waals surface area contributed by atoms with Crippen LogP contribution in [0.1, 0.15) is 53.4 Å². The Kier molecular flexibility index (Phi) is 5.93. The number of nitrogens with zero attached hydrogens (tertiary/aromatic N) is 3. The van der Waals surface area contributed by atoms with Gasteiger partial charge in [-0.15, -0.1) is 0 Å². The molecule has 0 saturated heterocycles. The van der Waals surface area contributed by atoms with Gasteiger partial charge < -0.3 is 10.1 Å². The van der Waals surface area contributed by atoms with Crippen molar-refractivity contribution in [2.75, 3.05) is 11.9 Å². The van der Waals surface area contributed by atoms with Crippen LogP contribution in [-0.2, 0) is 4.74 Å². The molecule has 1 aromatic carbocycles. The topological polar surface area (TPSA) is 102 Å². The molecule has 0 aliphatic rings. The van der Waals surface area contributed by atoms with Gasteiger partial charge in [0.25, 0.3) is 5.91 Å². The lowest BCUT2D eigenvalue weighted by Crippen LogP contribution is -2.13. The summed E-state index contributed by atoms with van der Waals surface area (Å²) in [6, 6.07) is 8.71. The number of rotatable bonds is 6. The van der Waals surface area contributed by atoms with Crippen molar-refractivity contribution in [1.29, 1.82) is 0 Å². The van der Waals surface area contributed by atoms with Crippen molar-refractivity contribution in [1.82, 2.24) is 20.0 Å². The molecule has 0 atom stereocenters. The molecule has 8 nitrogen and oxygen atoms in total. The SMILES string of the molecule is CCOC(=O)c1ccn(-c2cccc(NC(=O)c3n[nH]c(C(C)C)c3Br)c2)n1. The number of benzene rings is 1. The normalized spacial score (nSPS) is 10.9. The number of H-pyrrole nitrogens is 1. The molecule has 9 heteroatoms. The van der Waals surface area contributed by atoms with Gasteiger partial charge >= 0.3 is 5.97 Å². The summed E-state index contributed by atoms with van der Waals surface area (Å²) >= 11 is 3.43. The molecular weight excluding hydrogens is 426 g/mol. The summed E-state index contributed by atoms with van der Waals surface area (Å²) in [5.74, 6) is -0.602. The van der Waals surface area contributed by atoms with Crippen LogP contribution in [0.15, 0.2) is 41.0 Å². The Labute approximate surface area is 170 Å². The second-order valence-corrected chi connectivity index (χ2v) is 7.12. The van der Waals surface area contributed by atoms with Crippen LogP contribution in [-0.4, -0.2) is 38.5 Å². The molecule has 0 aliphatic heterocycles. The molecule has 0 radical (unpaired) electrons. The summed E-state index contributed by atoms with van der Waals surface area (Å²) in [5, 5.41) is 14.0. The van der Waals surface area contributed by atoms with Crippen LogP contribution in [0.5, 0.6) is 0 Å². The Morgan fingerprint density at radius 2 is 2.11 bits per heavy atom. The van der Waals surface area contributed by atoms with Gasteiger partial charge in [-0.05, 0) is 53.0 Å². The highest BCUT2D eigenvalue weighted by molar-refractivity contribution is 9.10. The van der Waals surface area contributed by atoms with Crippen LogP contribution < -0.4 is 5.32 Å². The Morgan fingerprint density at radius 3 is 2.79 bits per heavy atom. The lowest BCUT2D eigenvalue weighted by molar-refractivity contribution is 0.0519. The van der Waals surface area contributed by atoms with Crippen LogP contribution in [0, 0.1) is 0 Å². The van der Waals surface area contributed by atoms with Crippen molar-refractivity contribution in [2.45, 2.75) is 26.7 Å². The number of ether oxygens (including phenoxy) is 1. The predicted molar refractivity (Wildman–Crippen MR) is 108 cm³/mol. The summed E-state index contributed by atoms with van der Waals surface area (Å²) in [6.45, 7) is 6.05. The molecule has 146 valence electrons. The van der Waals surface area contributed by atoms with Gasteiger partial charge in [0, 0.05) is 11.9 Å². The summed E-state index contributed by atoms with van der Waals surface area (Å²) in [5.41, 5.74) is 2.65. The van der Waals surface area contributed by atoms with E-state index in [1.54, 1.807) is 42.1 Å². The van der Waals surface area contributed by atoms with Crippen molar-refractivity contribution in [3.05, 3.63) is 58.1 Å². The van der Waals surface area contributed by atoms with E-state index in [4.69, 9.17) is 4.74 Å². The van der Waals surface area contributed by atoms with E-state index in [2.05, 4.69) is 36.5 Å². The molecule has 3 rings (SSSR count). The number of carbonyl (C=O) groups excluding carboxylic acids is 2. The second-order valence-electron chi connectivity index (χ2n) is 6.33. The number of aromatic nitrogens is 4. The molecule has 2 N–H and O–H groups in total. The van der Waals surface area contributed by atoms with Crippen LogP contribution >= 0.6 is 15.9 Å². The van der Waals surface area contributed by atoms with Gasteiger partial charge in [-0.1, -0.05) is 19.9 Å². The van der Waals surface area contributed by atoms with Crippen molar-refractivity contribution in [3.63, 3.8) is 0 Å². The fourth-order valence-electron chi connectivity index (χ4n) is 2.57. The fourth-order valence-corrected chi connectivity index (χ4v) is 3.39. The Morgan fingerprint density at radius 1 is 1.32 bits per heavy atom. The number of anilines is 1. The highest BCUT2D eigenvalue weighted by Gasteiger charge is 2.19. The van der Waals surface area contributed by atoms with Crippen LogP contribution in [0.4, 0.5) is 5.69 Å². The molecule has 0 unspecified atom stereocenters. The average Bonchev–Trinajstić information content (AvgIpc) is 3.29. The highest BCUT2D eigenvalue weighted by atomic mass is 79.9. The lowest BCUT2D eigenvalue weighted by Gasteiger charge is -2.07. The van der Waals surface area contributed by atoms with Gasteiger partial charge in [0.2, 0.25) is 0 Å². The van der Waals surface area contributed by atoms with E-state index in [0.29, 0.717) is 15.8 Å². The summed E-state index contributed by atoms with van der Waals surface area (Å²) in [7, 11) is 0. The maximum absolute atomic E-state index is 12.6. The second kappa shape index (κ2) is 8.39. The molecule has 0 aliphatic carbocycles. The Bertz CT molecular complexity index is 1010. The number of esters is 1. The zero-order valence-electron chi connectivity index (χ0n) is 15.7. The van der Waals surface area contributed by atoms with Crippen LogP contribution in [0.2, 0.25) is 0 Å². The summed E-state index contributed by atoms with van der Waals surface area (Å²) in [6.07, 6.45) is 1.66. The molecule has 2 aromatic heterocycles. The van der Waals surface area contributed by atoms with Crippen molar-refractivity contribution >= 4 is 33.5 Å². The number of halogens is 1. The largest absolute Gasteiger partial charge is 0.461 e. The average molecular weight is 446 g/mol. The van der Waals surface area contributed by atoms with E-state index in [1.165, 1.54) is 0 Å². The first kappa shape index (κ1) is 19.8. The molecule has 1 amide bonds. The number of amides is 1. The summed E-state index contributed by atoms with van der Waals surface area (Å²) < 4.78 is 7.15. The maximum atomic E-state index is 12.6. The van der Waals surface area contributed by atoms with Gasteiger partial charge in [0.15, 0.2) is 11.4 Å². The number of hydrogen-bond donors (Lipinski definition) is 2. The minimum absolute atomic E-state index is 0.208. The molecule has 0 spiro atoms. The number of hydrogen-bond acceptors (Lipinski definition) is 5. The lowest BCUT2D eigenvalue weighted by atomic mass is 10.1. The molecule has 2 heterocycles. The first-order chi connectivity index (χ1) is 13.4. The van der Waals surface area contributed by atoms with Gasteiger partial charge in [-0.3, -0.25) is 9.89 Å². The van der Waals surface area contributed by atoms with E-state index in [0.717, 1.165) is 5.69 Å². The zero-order valence-corrected chi connectivity index (χ0v) is 17.3. The van der Waals surface area contributed by atoms with Gasteiger partial charge in [-0.2, -0.15) is 10.2 Å². The maximum Gasteiger partial charge on any atom is 0.358 e. The van der Waals surface area contributed by atoms with E-state index in [-0.39, 0.29) is 29.8 Å². The first-order valence-electron chi connectivity index (χ1n) is 8.79. The third-order valence-electron chi connectivity index (χ3n) is 3.97.